The van der Waals surface area contributed by atoms with Crippen molar-refractivity contribution in [2.75, 3.05) is 26.2 Å². The van der Waals surface area contributed by atoms with Gasteiger partial charge in [-0.2, -0.15) is 4.39 Å². The summed E-state index contributed by atoms with van der Waals surface area (Å²) < 4.78 is 13.5. The molecule has 0 spiro atoms. The molecule has 5 nitrogen and oxygen atoms in total. The predicted octanol–water partition coefficient (Wildman–Crippen LogP) is 2.65. The quantitative estimate of drug-likeness (QED) is 0.515. The Labute approximate surface area is 123 Å². The average molecular weight is 293 g/mol. The summed E-state index contributed by atoms with van der Waals surface area (Å²) in [7, 11) is 0. The Balaban J connectivity index is 2.33. The molecular weight excluding hydrogens is 273 g/mol. The van der Waals surface area contributed by atoms with Crippen LogP contribution in [0.3, 0.4) is 0 Å². The number of halogens is 1. The molecule has 0 radical (unpaired) electrons. The van der Waals surface area contributed by atoms with Crippen LogP contribution in [0.15, 0.2) is 30.4 Å². The van der Waals surface area contributed by atoms with E-state index < -0.39 is 16.4 Å². The van der Waals surface area contributed by atoms with E-state index in [0.717, 1.165) is 37.3 Å². The van der Waals surface area contributed by atoms with Crippen LogP contribution in [-0.2, 0) is 0 Å². The second-order valence-electron chi connectivity index (χ2n) is 5.43. The van der Waals surface area contributed by atoms with Gasteiger partial charge in [-0.05, 0) is 25.0 Å². The average Bonchev–Trinajstić information content (AvgIpc) is 2.46. The van der Waals surface area contributed by atoms with Gasteiger partial charge in [-0.15, -0.1) is 6.58 Å². The summed E-state index contributed by atoms with van der Waals surface area (Å²) in [5, 5.41) is 14.2. The molecule has 0 saturated carbocycles. The third kappa shape index (κ3) is 3.86. The number of nitrogens with zero attached hydrogens (tertiary/aromatic N) is 2. The van der Waals surface area contributed by atoms with Gasteiger partial charge in [0.2, 0.25) is 5.82 Å². The fourth-order valence-electron chi connectivity index (χ4n) is 2.66. The van der Waals surface area contributed by atoms with Crippen LogP contribution >= 0.6 is 0 Å². The Bertz CT molecular complexity index is 542. The van der Waals surface area contributed by atoms with Gasteiger partial charge < -0.3 is 5.32 Å². The maximum absolute atomic E-state index is 13.5. The van der Waals surface area contributed by atoms with E-state index in [4.69, 9.17) is 0 Å². The minimum atomic E-state index is -0.793. The largest absolute Gasteiger partial charge is 0.314 e. The molecule has 1 saturated heterocycles. The zero-order valence-electron chi connectivity index (χ0n) is 12.1. The van der Waals surface area contributed by atoms with Crippen molar-refractivity contribution in [3.63, 3.8) is 0 Å². The maximum Gasteiger partial charge on any atom is 0.305 e. The molecule has 1 fully saturated rings. The zero-order valence-corrected chi connectivity index (χ0v) is 12.1. The molecule has 1 heterocycles. The van der Waals surface area contributed by atoms with Gasteiger partial charge in [-0.25, -0.2) is 0 Å². The second-order valence-corrected chi connectivity index (χ2v) is 5.43. The normalized spacial score (nSPS) is 17.4. The molecule has 1 atom stereocenters. The Morgan fingerprint density at radius 2 is 2.19 bits per heavy atom. The van der Waals surface area contributed by atoms with Crippen molar-refractivity contribution in [1.29, 1.82) is 0 Å². The maximum atomic E-state index is 13.5. The number of nitro groups is 1. The van der Waals surface area contributed by atoms with Crippen LogP contribution in [-0.4, -0.2) is 36.0 Å². The van der Waals surface area contributed by atoms with Crippen LogP contribution < -0.4 is 5.32 Å². The van der Waals surface area contributed by atoms with Crippen LogP contribution in [0, 0.1) is 15.9 Å². The summed E-state index contributed by atoms with van der Waals surface area (Å²) >= 11 is 0. The van der Waals surface area contributed by atoms with Crippen LogP contribution in [0.25, 0.3) is 0 Å². The van der Waals surface area contributed by atoms with Crippen LogP contribution in [0.1, 0.15) is 24.9 Å². The van der Waals surface area contributed by atoms with Crippen LogP contribution in [0.2, 0.25) is 0 Å². The van der Waals surface area contributed by atoms with Gasteiger partial charge in [0.15, 0.2) is 0 Å². The summed E-state index contributed by atoms with van der Waals surface area (Å²) in [6, 6.07) is 4.17. The van der Waals surface area contributed by atoms with E-state index in [-0.39, 0.29) is 6.04 Å². The Morgan fingerprint density at radius 3 is 2.76 bits per heavy atom. The first kappa shape index (κ1) is 15.6. The summed E-state index contributed by atoms with van der Waals surface area (Å²) in [6.45, 7) is 9.38. The smallest absolute Gasteiger partial charge is 0.305 e. The van der Waals surface area contributed by atoms with Crippen molar-refractivity contribution in [3.8, 4) is 0 Å². The molecule has 0 bridgehead atoms. The molecule has 1 aliphatic heterocycles. The predicted molar refractivity (Wildman–Crippen MR) is 79.7 cm³/mol. The highest BCUT2D eigenvalue weighted by atomic mass is 19.1. The number of hydrogen-bond donors (Lipinski definition) is 1. The monoisotopic (exact) mass is 293 g/mol. The highest BCUT2D eigenvalue weighted by Crippen LogP contribution is 2.30. The number of rotatable bonds is 5. The van der Waals surface area contributed by atoms with Crippen molar-refractivity contribution >= 4 is 5.69 Å². The third-order valence-electron chi connectivity index (χ3n) is 3.69. The number of nitrogens with one attached hydrogen (secondary N) is 1. The number of benzene rings is 1. The third-order valence-corrected chi connectivity index (χ3v) is 3.69. The zero-order chi connectivity index (χ0) is 15.4. The van der Waals surface area contributed by atoms with E-state index in [0.29, 0.717) is 6.42 Å². The van der Waals surface area contributed by atoms with Crippen molar-refractivity contribution in [3.05, 3.63) is 51.8 Å². The summed E-state index contributed by atoms with van der Waals surface area (Å²) in [4.78, 5) is 12.5. The van der Waals surface area contributed by atoms with Crippen LogP contribution in [0.5, 0.6) is 0 Å². The molecule has 0 aromatic heterocycles. The summed E-state index contributed by atoms with van der Waals surface area (Å²) in [5.74, 6) is -0.793. The fourth-order valence-corrected chi connectivity index (χ4v) is 2.66. The van der Waals surface area contributed by atoms with Gasteiger partial charge in [0.05, 0.1) is 4.92 Å². The van der Waals surface area contributed by atoms with Gasteiger partial charge in [-0.3, -0.25) is 15.0 Å². The van der Waals surface area contributed by atoms with E-state index in [2.05, 4.69) is 16.8 Å². The molecule has 2 rings (SSSR count). The van der Waals surface area contributed by atoms with Gasteiger partial charge in [0.1, 0.15) is 0 Å². The summed E-state index contributed by atoms with van der Waals surface area (Å²) in [6.07, 6.45) is 0.711. The molecule has 0 amide bonds. The first-order valence-corrected chi connectivity index (χ1v) is 7.02. The Morgan fingerprint density at radius 1 is 1.52 bits per heavy atom. The first-order chi connectivity index (χ1) is 9.99. The second kappa shape index (κ2) is 6.78. The van der Waals surface area contributed by atoms with Crippen LogP contribution in [0.4, 0.5) is 10.1 Å². The van der Waals surface area contributed by atoms with E-state index in [1.807, 2.05) is 6.92 Å². The lowest BCUT2D eigenvalue weighted by Crippen LogP contribution is -2.45. The van der Waals surface area contributed by atoms with Crippen molar-refractivity contribution < 1.29 is 9.31 Å². The highest BCUT2D eigenvalue weighted by molar-refractivity contribution is 5.38. The molecule has 1 aromatic carbocycles. The topological polar surface area (TPSA) is 58.4 Å². The fraction of sp³-hybridized carbons (Fsp3) is 0.467. The lowest BCUT2D eigenvalue weighted by Gasteiger charge is -2.35. The lowest BCUT2D eigenvalue weighted by molar-refractivity contribution is -0.387. The van der Waals surface area contributed by atoms with Crippen molar-refractivity contribution in [2.24, 2.45) is 0 Å². The minimum absolute atomic E-state index is 0.00361. The Kier molecular flexibility index (Phi) is 5.03. The molecule has 6 heteroatoms. The first-order valence-electron chi connectivity index (χ1n) is 7.02. The van der Waals surface area contributed by atoms with Gasteiger partial charge in [-0.1, -0.05) is 11.6 Å². The number of hydrogen-bond acceptors (Lipinski definition) is 4. The molecular formula is C15H20FN3O2. The van der Waals surface area contributed by atoms with Crippen molar-refractivity contribution in [2.45, 2.75) is 19.4 Å². The number of piperazine rings is 1. The highest BCUT2D eigenvalue weighted by Gasteiger charge is 2.25. The number of nitro benzene ring substituents is 1. The lowest BCUT2D eigenvalue weighted by atomic mass is 9.97. The molecule has 114 valence electrons. The van der Waals surface area contributed by atoms with E-state index in [9.17, 15) is 14.5 Å². The molecule has 0 unspecified atom stereocenters. The summed E-state index contributed by atoms with van der Waals surface area (Å²) in [5.41, 5.74) is 1.31. The van der Waals surface area contributed by atoms with Gasteiger partial charge >= 0.3 is 5.69 Å². The van der Waals surface area contributed by atoms with E-state index >= 15 is 0 Å². The minimum Gasteiger partial charge on any atom is -0.314 e. The standard InChI is InChI=1S/C15H20FN3O2/c1-11(2)9-14(18-7-5-17-6-8-18)12-3-4-13(16)15(10-12)19(20)21/h3-4,10,14,17H,1,5-9H2,2H3/t14-/m1/s1. The van der Waals surface area contributed by atoms with E-state index in [1.54, 1.807) is 6.07 Å². The molecule has 1 N–H and O–H groups in total. The van der Waals surface area contributed by atoms with Crippen molar-refractivity contribution in [1.82, 2.24) is 10.2 Å². The molecule has 21 heavy (non-hydrogen) atoms. The SMILES string of the molecule is C=C(C)C[C@H](c1ccc(F)c([N+](=O)[O-])c1)N1CCNCC1. The van der Waals surface area contributed by atoms with Gasteiger partial charge in [0.25, 0.3) is 0 Å². The molecule has 0 aliphatic carbocycles. The molecule has 1 aliphatic rings. The molecule has 1 aromatic rings. The van der Waals surface area contributed by atoms with Gasteiger partial charge in [0, 0.05) is 38.3 Å². The van der Waals surface area contributed by atoms with E-state index in [1.165, 1.54) is 12.1 Å². The Hall–Kier alpha value is -1.79.